The lowest BCUT2D eigenvalue weighted by atomic mass is 10.1. The number of hydrogen-bond acceptors (Lipinski definition) is 4. The van der Waals surface area contributed by atoms with Gasteiger partial charge < -0.3 is 9.55 Å². The molecule has 0 atom stereocenters. The van der Waals surface area contributed by atoms with E-state index in [-0.39, 0.29) is 5.56 Å². The Morgan fingerprint density at radius 2 is 2.04 bits per heavy atom. The first-order chi connectivity index (χ1) is 12.7. The summed E-state index contributed by atoms with van der Waals surface area (Å²) in [7, 11) is 0. The van der Waals surface area contributed by atoms with Gasteiger partial charge in [0.2, 0.25) is 0 Å². The molecule has 26 heavy (non-hydrogen) atoms. The lowest BCUT2D eigenvalue weighted by molar-refractivity contribution is 0.233. The molecule has 2 aromatic heterocycles. The van der Waals surface area contributed by atoms with Gasteiger partial charge >= 0.3 is 0 Å². The highest BCUT2D eigenvalue weighted by atomic mass is 16.1. The average molecular weight is 351 g/mol. The molecule has 6 heteroatoms. The van der Waals surface area contributed by atoms with Gasteiger partial charge in [-0.1, -0.05) is 19.1 Å². The second kappa shape index (κ2) is 7.03. The van der Waals surface area contributed by atoms with Gasteiger partial charge in [0.25, 0.3) is 5.56 Å². The van der Waals surface area contributed by atoms with Crippen molar-refractivity contribution < 1.29 is 0 Å². The molecular formula is C20H25N5O. The van der Waals surface area contributed by atoms with Gasteiger partial charge in [0.1, 0.15) is 11.6 Å². The Kier molecular flexibility index (Phi) is 4.59. The summed E-state index contributed by atoms with van der Waals surface area (Å²) in [4.78, 5) is 27.2. The van der Waals surface area contributed by atoms with Crippen molar-refractivity contribution in [3.8, 4) is 0 Å². The summed E-state index contributed by atoms with van der Waals surface area (Å²) in [6.07, 6.45) is 2.64. The normalized spacial score (nSPS) is 14.7. The highest BCUT2D eigenvalue weighted by Crippen LogP contribution is 2.20. The van der Waals surface area contributed by atoms with Crippen LogP contribution in [-0.2, 0) is 32.5 Å². The number of nitrogens with zero attached hydrogens (tertiary/aromatic N) is 4. The van der Waals surface area contributed by atoms with E-state index in [1.807, 2.05) is 6.07 Å². The first kappa shape index (κ1) is 17.0. The number of para-hydroxylation sites is 2. The number of hydrogen-bond donors (Lipinski definition) is 1. The molecule has 0 fully saturated rings. The SMILES string of the molecule is CCCc1nc2c(c(=O)[nH]1)CN(Cc1nc3ccccc3n1CC)CC2. The quantitative estimate of drug-likeness (QED) is 0.767. The zero-order chi connectivity index (χ0) is 18.1. The number of nitrogens with one attached hydrogen (secondary N) is 1. The van der Waals surface area contributed by atoms with Gasteiger partial charge in [-0.15, -0.1) is 0 Å². The van der Waals surface area contributed by atoms with Gasteiger partial charge in [0.15, 0.2) is 0 Å². The standard InChI is InChI=1S/C20H25N5O/c1-3-7-18-21-15-10-11-24(12-14(15)20(26)23-18)13-19-22-16-8-5-6-9-17(16)25(19)4-2/h5-6,8-9H,3-4,7,10-13H2,1-2H3,(H,21,23,26). The van der Waals surface area contributed by atoms with E-state index in [9.17, 15) is 4.79 Å². The number of imidazole rings is 1. The first-order valence-electron chi connectivity index (χ1n) is 9.47. The number of aromatic amines is 1. The van der Waals surface area contributed by atoms with Crippen LogP contribution in [0.3, 0.4) is 0 Å². The van der Waals surface area contributed by atoms with Crippen molar-refractivity contribution in [3.63, 3.8) is 0 Å². The smallest absolute Gasteiger partial charge is 0.255 e. The number of fused-ring (bicyclic) bond motifs is 2. The van der Waals surface area contributed by atoms with Crippen LogP contribution in [0.5, 0.6) is 0 Å². The Morgan fingerprint density at radius 1 is 1.19 bits per heavy atom. The Bertz CT molecular complexity index is 988. The van der Waals surface area contributed by atoms with Crippen LogP contribution in [0.1, 0.15) is 43.2 Å². The van der Waals surface area contributed by atoms with Crippen LogP contribution < -0.4 is 5.56 Å². The molecule has 0 amide bonds. The lowest BCUT2D eigenvalue weighted by Gasteiger charge is -2.27. The minimum atomic E-state index is 0.0205. The van der Waals surface area contributed by atoms with Crippen molar-refractivity contribution in [3.05, 3.63) is 57.5 Å². The molecule has 0 saturated carbocycles. The maximum absolute atomic E-state index is 12.5. The van der Waals surface area contributed by atoms with Crippen LogP contribution in [-0.4, -0.2) is 31.0 Å². The largest absolute Gasteiger partial charge is 0.327 e. The molecule has 3 heterocycles. The van der Waals surface area contributed by atoms with Crippen molar-refractivity contribution in [2.45, 2.75) is 52.7 Å². The molecule has 0 aliphatic carbocycles. The van der Waals surface area contributed by atoms with Crippen LogP contribution >= 0.6 is 0 Å². The molecule has 0 spiro atoms. The molecule has 0 radical (unpaired) electrons. The van der Waals surface area contributed by atoms with Crippen LogP contribution in [0.4, 0.5) is 0 Å². The van der Waals surface area contributed by atoms with E-state index in [1.54, 1.807) is 0 Å². The van der Waals surface area contributed by atoms with Crippen molar-refractivity contribution in [1.82, 2.24) is 24.4 Å². The number of rotatable bonds is 5. The summed E-state index contributed by atoms with van der Waals surface area (Å²) >= 11 is 0. The second-order valence-corrected chi connectivity index (χ2v) is 6.91. The van der Waals surface area contributed by atoms with Gasteiger partial charge in [-0.25, -0.2) is 9.97 Å². The molecule has 1 aromatic carbocycles. The molecule has 0 saturated heterocycles. The Morgan fingerprint density at radius 3 is 2.85 bits per heavy atom. The number of H-pyrrole nitrogens is 1. The topological polar surface area (TPSA) is 66.8 Å². The highest BCUT2D eigenvalue weighted by Gasteiger charge is 2.22. The Hall–Kier alpha value is -2.47. The maximum Gasteiger partial charge on any atom is 0.255 e. The van der Waals surface area contributed by atoms with Gasteiger partial charge in [0.05, 0.1) is 28.8 Å². The Balaban J connectivity index is 1.59. The van der Waals surface area contributed by atoms with E-state index < -0.39 is 0 Å². The summed E-state index contributed by atoms with van der Waals surface area (Å²) < 4.78 is 2.26. The number of benzene rings is 1. The first-order valence-corrected chi connectivity index (χ1v) is 9.47. The zero-order valence-corrected chi connectivity index (χ0v) is 15.5. The van der Waals surface area contributed by atoms with Crippen LogP contribution in [0.2, 0.25) is 0 Å². The summed E-state index contributed by atoms with van der Waals surface area (Å²) in [6, 6.07) is 8.25. The third-order valence-corrected chi connectivity index (χ3v) is 5.10. The second-order valence-electron chi connectivity index (χ2n) is 6.91. The molecule has 0 unspecified atom stereocenters. The summed E-state index contributed by atoms with van der Waals surface area (Å²) in [5.74, 6) is 1.88. The molecule has 6 nitrogen and oxygen atoms in total. The third kappa shape index (κ3) is 3.05. The summed E-state index contributed by atoms with van der Waals surface area (Å²) in [5, 5.41) is 0. The predicted molar refractivity (Wildman–Crippen MR) is 102 cm³/mol. The number of aryl methyl sites for hydroxylation is 2. The molecule has 0 bridgehead atoms. The van der Waals surface area contributed by atoms with Crippen LogP contribution in [0.25, 0.3) is 11.0 Å². The molecule has 1 aliphatic heterocycles. The molecule has 136 valence electrons. The van der Waals surface area contributed by atoms with Crippen molar-refractivity contribution >= 4 is 11.0 Å². The third-order valence-electron chi connectivity index (χ3n) is 5.10. The van der Waals surface area contributed by atoms with E-state index in [0.29, 0.717) is 6.54 Å². The van der Waals surface area contributed by atoms with Crippen molar-refractivity contribution in [2.24, 2.45) is 0 Å². The lowest BCUT2D eigenvalue weighted by Crippen LogP contribution is -2.36. The minimum Gasteiger partial charge on any atom is -0.327 e. The van der Waals surface area contributed by atoms with E-state index in [4.69, 9.17) is 4.98 Å². The fraction of sp³-hybridized carbons (Fsp3) is 0.450. The van der Waals surface area contributed by atoms with Gasteiger partial charge in [-0.2, -0.15) is 0 Å². The molecule has 1 aliphatic rings. The zero-order valence-electron chi connectivity index (χ0n) is 15.5. The molecule has 4 rings (SSSR count). The molecule has 1 N–H and O–H groups in total. The van der Waals surface area contributed by atoms with E-state index in [2.05, 4.69) is 51.5 Å². The van der Waals surface area contributed by atoms with Crippen molar-refractivity contribution in [1.29, 1.82) is 0 Å². The van der Waals surface area contributed by atoms with Gasteiger partial charge in [-0.3, -0.25) is 9.69 Å². The summed E-state index contributed by atoms with van der Waals surface area (Å²) in [5.41, 5.74) is 4.01. The average Bonchev–Trinajstić information content (AvgIpc) is 2.99. The van der Waals surface area contributed by atoms with Gasteiger partial charge in [0, 0.05) is 32.5 Å². The van der Waals surface area contributed by atoms with Crippen molar-refractivity contribution in [2.75, 3.05) is 6.54 Å². The predicted octanol–water partition coefficient (Wildman–Crippen LogP) is 2.65. The van der Waals surface area contributed by atoms with E-state index >= 15 is 0 Å². The monoisotopic (exact) mass is 351 g/mol. The fourth-order valence-electron chi connectivity index (χ4n) is 3.82. The highest BCUT2D eigenvalue weighted by molar-refractivity contribution is 5.75. The van der Waals surface area contributed by atoms with Crippen LogP contribution in [0.15, 0.2) is 29.1 Å². The molecule has 3 aromatic rings. The molecular weight excluding hydrogens is 326 g/mol. The fourth-order valence-corrected chi connectivity index (χ4v) is 3.82. The van der Waals surface area contributed by atoms with Crippen LogP contribution in [0, 0.1) is 0 Å². The van der Waals surface area contributed by atoms with E-state index in [1.165, 1.54) is 5.52 Å². The maximum atomic E-state index is 12.5. The Labute approximate surface area is 152 Å². The minimum absolute atomic E-state index is 0.0205. The number of aromatic nitrogens is 4. The van der Waals surface area contributed by atoms with E-state index in [0.717, 1.165) is 67.3 Å². The summed E-state index contributed by atoms with van der Waals surface area (Å²) in [6.45, 7) is 7.42. The van der Waals surface area contributed by atoms with Gasteiger partial charge in [-0.05, 0) is 25.5 Å².